The first kappa shape index (κ1) is 27.1. The van der Waals surface area contributed by atoms with Crippen LogP contribution in [0.5, 0.6) is 0 Å². The standard InChI is InChI=1S/C22H29ClN6O4S/c1-4-8-34(32,33)29(3,22(26)31)18-10-16(9-17(23)12-18)21(30)28-13-15-7-6-14(20(24)25)11-19(15)27-5-2/h6-7,9-12,27H,4-5,8,13H2,1-3H3,(H5-,24,25,26,28,30,31)/p+1. The van der Waals surface area contributed by atoms with E-state index in [2.05, 4.69) is 10.6 Å². The molecule has 1 unspecified atom stereocenters. The van der Waals surface area contributed by atoms with E-state index in [0.29, 0.717) is 17.8 Å². The largest absolute Gasteiger partial charge is 0.434 e. The van der Waals surface area contributed by atoms with Crippen molar-refractivity contribution in [1.29, 1.82) is 5.41 Å². The first-order valence-electron chi connectivity index (χ1n) is 10.6. The van der Waals surface area contributed by atoms with Crippen LogP contribution >= 0.6 is 11.6 Å². The molecule has 10 nitrogen and oxygen atoms in total. The molecular formula is C22H30ClN6O4S+. The fourth-order valence-electron chi connectivity index (χ4n) is 3.35. The lowest BCUT2D eigenvalue weighted by atomic mass is 10.1. The number of hydrogen-bond acceptors (Lipinski definition) is 6. The van der Waals surface area contributed by atoms with Crippen molar-refractivity contribution in [2.45, 2.75) is 26.8 Å². The summed E-state index contributed by atoms with van der Waals surface area (Å²) in [6, 6.07) is 8.01. The third kappa shape index (κ3) is 5.66. The molecule has 0 radical (unpaired) electrons. The number of hydrogen-bond donors (Lipinski definition) is 5. The zero-order valence-electron chi connectivity index (χ0n) is 19.3. The van der Waals surface area contributed by atoms with Crippen LogP contribution < -0.4 is 26.0 Å². The molecule has 0 aromatic heterocycles. The molecule has 0 saturated heterocycles. The van der Waals surface area contributed by atoms with Crippen molar-refractivity contribution in [3.63, 3.8) is 0 Å². The predicted octanol–water partition coefficient (Wildman–Crippen LogP) is 2.74. The fraction of sp³-hybridized carbons (Fsp3) is 0.318. The quantitative estimate of drug-likeness (QED) is 0.187. The summed E-state index contributed by atoms with van der Waals surface area (Å²) in [7, 11) is -2.86. The van der Waals surface area contributed by atoms with E-state index in [9.17, 15) is 18.0 Å². The normalized spacial score (nSPS) is 13.1. The highest BCUT2D eigenvalue weighted by atomic mass is 35.5. The van der Waals surface area contributed by atoms with Gasteiger partial charge in [-0.3, -0.25) is 10.2 Å². The second-order valence-corrected chi connectivity index (χ2v) is 10.5. The van der Waals surface area contributed by atoms with Gasteiger partial charge in [-0.05, 0) is 31.0 Å². The van der Waals surface area contributed by atoms with Crippen molar-refractivity contribution in [3.05, 3.63) is 58.1 Å². The number of nitrogens with two attached hydrogens (primary N) is 2. The number of carbonyl (C=O) groups excluding carboxylic acids is 2. The monoisotopic (exact) mass is 509 g/mol. The number of benzene rings is 2. The van der Waals surface area contributed by atoms with Crippen LogP contribution in [-0.2, 0) is 16.6 Å². The number of rotatable bonds is 10. The molecule has 0 aliphatic heterocycles. The van der Waals surface area contributed by atoms with E-state index >= 15 is 0 Å². The molecule has 0 bridgehead atoms. The number of nitrogen functional groups attached to an aromatic ring is 1. The summed E-state index contributed by atoms with van der Waals surface area (Å²) in [5, 5.41) is 13.6. The van der Waals surface area contributed by atoms with Gasteiger partial charge in [0.1, 0.15) is 11.6 Å². The number of primary amides is 1. The van der Waals surface area contributed by atoms with E-state index < -0.39 is 25.8 Å². The van der Waals surface area contributed by atoms with Gasteiger partial charge in [0.25, 0.3) is 5.91 Å². The number of nitrogens with zero attached hydrogens (tertiary/aromatic N) is 1. The molecule has 3 amide bonds. The van der Waals surface area contributed by atoms with Crippen molar-refractivity contribution >= 4 is 50.8 Å². The highest BCUT2D eigenvalue weighted by Gasteiger charge is 2.46. The number of amidine groups is 1. The maximum atomic E-state index is 12.9. The molecule has 2 aromatic rings. The molecular weight excluding hydrogens is 480 g/mol. The summed E-state index contributed by atoms with van der Waals surface area (Å²) >= 11 is 6.18. The minimum absolute atomic E-state index is 0.0299. The van der Waals surface area contributed by atoms with Crippen LogP contribution in [-0.4, -0.2) is 45.5 Å². The van der Waals surface area contributed by atoms with E-state index in [1.165, 1.54) is 25.2 Å². The minimum atomic E-state index is -4.03. The first-order valence-corrected chi connectivity index (χ1v) is 12.6. The SMILES string of the molecule is CCCS(=O)(=O)[N+](C)(C(N)=O)c1cc(Cl)cc(C(=O)NCc2ccc(C(=N)N)cc2NCC)c1. The Morgan fingerprint density at radius 1 is 1.09 bits per heavy atom. The second-order valence-electron chi connectivity index (χ2n) is 7.75. The smallest absolute Gasteiger partial charge is 0.385 e. The van der Waals surface area contributed by atoms with Crippen LogP contribution in [0.4, 0.5) is 16.2 Å². The molecule has 1 atom stereocenters. The molecule has 0 heterocycles. The van der Waals surface area contributed by atoms with Crippen molar-refractivity contribution in [3.8, 4) is 0 Å². The van der Waals surface area contributed by atoms with Gasteiger partial charge in [0.05, 0.1) is 7.05 Å². The second kappa shape index (κ2) is 10.9. The maximum Gasteiger partial charge on any atom is 0.434 e. The summed E-state index contributed by atoms with van der Waals surface area (Å²) in [5.74, 6) is -0.871. The van der Waals surface area contributed by atoms with Gasteiger partial charge in [-0.15, -0.1) is 3.89 Å². The van der Waals surface area contributed by atoms with E-state index in [1.54, 1.807) is 25.1 Å². The topological polar surface area (TPSA) is 168 Å². The van der Waals surface area contributed by atoms with Gasteiger partial charge < -0.3 is 22.1 Å². The first-order chi connectivity index (χ1) is 15.9. The Kier molecular flexibility index (Phi) is 8.65. The van der Waals surface area contributed by atoms with Gasteiger partial charge in [0, 0.05) is 47.1 Å². The maximum absolute atomic E-state index is 12.9. The van der Waals surface area contributed by atoms with Crippen LogP contribution in [0, 0.1) is 5.41 Å². The van der Waals surface area contributed by atoms with Gasteiger partial charge in [-0.1, -0.05) is 30.7 Å². The molecule has 12 heteroatoms. The number of carbonyl (C=O) groups is 2. The Bertz CT molecular complexity index is 1220. The highest BCUT2D eigenvalue weighted by molar-refractivity contribution is 7.91. The zero-order valence-corrected chi connectivity index (χ0v) is 20.9. The summed E-state index contributed by atoms with van der Waals surface area (Å²) in [6.07, 6.45) is 0.286. The van der Waals surface area contributed by atoms with Crippen LogP contribution in [0.1, 0.15) is 41.8 Å². The molecule has 34 heavy (non-hydrogen) atoms. The number of anilines is 1. The molecule has 0 spiro atoms. The Hall–Kier alpha value is -3.15. The number of amides is 3. The van der Waals surface area contributed by atoms with Gasteiger partial charge in [-0.2, -0.15) is 8.42 Å². The van der Waals surface area contributed by atoms with E-state index in [1.807, 2.05) is 6.92 Å². The molecule has 0 aliphatic carbocycles. The molecule has 0 fully saturated rings. The highest BCUT2D eigenvalue weighted by Crippen LogP contribution is 2.31. The van der Waals surface area contributed by atoms with Crippen LogP contribution in [0.3, 0.4) is 0 Å². The lowest BCUT2D eigenvalue weighted by Gasteiger charge is -2.28. The average Bonchev–Trinajstić information content (AvgIpc) is 2.76. The van der Waals surface area contributed by atoms with Crippen molar-refractivity contribution in [1.82, 2.24) is 9.21 Å². The third-order valence-electron chi connectivity index (χ3n) is 5.30. The van der Waals surface area contributed by atoms with E-state index in [4.69, 9.17) is 28.5 Å². The summed E-state index contributed by atoms with van der Waals surface area (Å²) < 4.78 is 24.5. The summed E-state index contributed by atoms with van der Waals surface area (Å²) in [6.45, 7) is 4.34. The van der Waals surface area contributed by atoms with E-state index in [-0.39, 0.29) is 40.8 Å². The predicted molar refractivity (Wildman–Crippen MR) is 136 cm³/mol. The Balaban J connectivity index is 2.39. The lowest BCUT2D eigenvalue weighted by Crippen LogP contribution is -2.58. The Morgan fingerprint density at radius 3 is 2.32 bits per heavy atom. The molecule has 184 valence electrons. The summed E-state index contributed by atoms with van der Waals surface area (Å²) in [4.78, 5) is 25.2. The van der Waals surface area contributed by atoms with E-state index in [0.717, 1.165) is 5.56 Å². The molecule has 0 saturated carbocycles. The lowest BCUT2D eigenvalue weighted by molar-refractivity contribution is 0.0950. The molecule has 2 rings (SSSR count). The molecule has 0 aliphatic rings. The van der Waals surface area contributed by atoms with Gasteiger partial charge in [-0.25, -0.2) is 4.79 Å². The van der Waals surface area contributed by atoms with Crippen molar-refractivity contribution in [2.75, 3.05) is 24.7 Å². The number of halogens is 1. The molecule has 2 aromatic carbocycles. The van der Waals surface area contributed by atoms with Crippen LogP contribution in [0.25, 0.3) is 0 Å². The number of nitrogens with one attached hydrogen (secondary N) is 3. The van der Waals surface area contributed by atoms with Crippen LogP contribution in [0.15, 0.2) is 36.4 Å². The Labute approximate surface area is 204 Å². The van der Waals surface area contributed by atoms with Crippen molar-refractivity contribution in [2.24, 2.45) is 11.5 Å². The number of quaternary nitrogens is 1. The van der Waals surface area contributed by atoms with Gasteiger partial charge in [0.15, 0.2) is 5.69 Å². The minimum Gasteiger partial charge on any atom is -0.385 e. The Morgan fingerprint density at radius 2 is 1.76 bits per heavy atom. The summed E-state index contributed by atoms with van der Waals surface area (Å²) in [5.41, 5.74) is 13.1. The van der Waals surface area contributed by atoms with Crippen LogP contribution in [0.2, 0.25) is 5.02 Å². The fourth-order valence-corrected chi connectivity index (χ4v) is 5.16. The number of sulfonamides is 1. The zero-order chi connectivity index (χ0) is 25.7. The third-order valence-corrected chi connectivity index (χ3v) is 7.95. The van der Waals surface area contributed by atoms with Gasteiger partial charge in [0.2, 0.25) is 0 Å². The number of urea groups is 1. The average molecular weight is 510 g/mol. The van der Waals surface area contributed by atoms with Crippen molar-refractivity contribution < 1.29 is 18.0 Å². The molecule has 7 N–H and O–H groups in total. The van der Waals surface area contributed by atoms with Gasteiger partial charge >= 0.3 is 16.1 Å².